The molecule has 0 bridgehead atoms. The normalized spacial score (nSPS) is 11.1. The van der Waals surface area contributed by atoms with Gasteiger partial charge in [-0.2, -0.15) is 0 Å². The van der Waals surface area contributed by atoms with Crippen LogP contribution in [0.4, 0.5) is 11.4 Å². The Morgan fingerprint density at radius 3 is 2.21 bits per heavy atom. The summed E-state index contributed by atoms with van der Waals surface area (Å²) in [6.45, 7) is 1.30. The molecule has 1 amide bonds. The Balaban J connectivity index is 1.66. The van der Waals surface area contributed by atoms with Crippen molar-refractivity contribution in [3.8, 4) is 17.2 Å². The van der Waals surface area contributed by atoms with Gasteiger partial charge in [-0.3, -0.25) is 9.10 Å². The summed E-state index contributed by atoms with van der Waals surface area (Å²) in [4.78, 5) is 13.3. The molecular formula is C28H24Cl2N2O5S. The maximum Gasteiger partial charge on any atom is 0.264 e. The van der Waals surface area contributed by atoms with Crippen LogP contribution in [0.2, 0.25) is 10.0 Å². The van der Waals surface area contributed by atoms with Crippen molar-refractivity contribution in [1.29, 1.82) is 0 Å². The number of anilines is 2. The van der Waals surface area contributed by atoms with Crippen molar-refractivity contribution in [2.24, 2.45) is 0 Å². The zero-order valence-electron chi connectivity index (χ0n) is 20.5. The van der Waals surface area contributed by atoms with Crippen molar-refractivity contribution in [1.82, 2.24) is 0 Å². The van der Waals surface area contributed by atoms with Gasteiger partial charge >= 0.3 is 0 Å². The highest BCUT2D eigenvalue weighted by molar-refractivity contribution is 7.92. The molecule has 0 spiro atoms. The average Bonchev–Trinajstić information content (AvgIpc) is 2.90. The van der Waals surface area contributed by atoms with Crippen LogP contribution in [0.25, 0.3) is 0 Å². The number of hydrogen-bond acceptors (Lipinski definition) is 5. The fourth-order valence-corrected chi connectivity index (χ4v) is 5.52. The molecule has 1 N–H and O–H groups in total. The third-order valence-electron chi connectivity index (χ3n) is 5.52. The van der Waals surface area contributed by atoms with Gasteiger partial charge in [0.15, 0.2) is 17.2 Å². The molecule has 10 heteroatoms. The summed E-state index contributed by atoms with van der Waals surface area (Å²) < 4.78 is 39.6. The number of amides is 1. The Morgan fingerprint density at radius 2 is 1.53 bits per heavy atom. The van der Waals surface area contributed by atoms with Gasteiger partial charge in [0.1, 0.15) is 6.54 Å². The number of nitrogens with one attached hydrogen (secondary N) is 1. The first kappa shape index (κ1) is 27.3. The lowest BCUT2D eigenvalue weighted by molar-refractivity contribution is -0.114. The van der Waals surface area contributed by atoms with E-state index >= 15 is 0 Å². The number of sulfonamides is 1. The quantitative estimate of drug-likeness (QED) is 0.235. The summed E-state index contributed by atoms with van der Waals surface area (Å²) in [5.74, 6) is 0.576. The Bertz CT molecular complexity index is 1560. The zero-order chi connectivity index (χ0) is 27.3. The van der Waals surface area contributed by atoms with Crippen LogP contribution in [0.1, 0.15) is 5.56 Å². The molecule has 0 heterocycles. The minimum Gasteiger partial charge on any atom is -0.493 e. The molecule has 0 saturated carbocycles. The van der Waals surface area contributed by atoms with E-state index in [4.69, 9.17) is 32.7 Å². The Kier molecular flexibility index (Phi) is 8.46. The number of hydrogen-bond donors (Lipinski definition) is 1. The van der Waals surface area contributed by atoms with E-state index in [2.05, 4.69) is 5.32 Å². The van der Waals surface area contributed by atoms with Crippen molar-refractivity contribution in [3.05, 3.63) is 107 Å². The number of benzene rings is 4. The van der Waals surface area contributed by atoms with Crippen LogP contribution < -0.4 is 19.1 Å². The molecular weight excluding hydrogens is 547 g/mol. The van der Waals surface area contributed by atoms with Gasteiger partial charge < -0.3 is 14.8 Å². The summed E-state index contributed by atoms with van der Waals surface area (Å²) in [5.41, 5.74) is 1.32. The predicted octanol–water partition coefficient (Wildman–Crippen LogP) is 6.94. The van der Waals surface area contributed by atoms with Crippen LogP contribution in [-0.2, 0) is 14.8 Å². The molecule has 0 aliphatic carbocycles. The molecule has 0 fully saturated rings. The lowest BCUT2D eigenvalue weighted by Gasteiger charge is -2.25. The molecule has 0 unspecified atom stereocenters. The predicted molar refractivity (Wildman–Crippen MR) is 150 cm³/mol. The van der Waals surface area contributed by atoms with Gasteiger partial charge in [0.05, 0.1) is 28.4 Å². The van der Waals surface area contributed by atoms with E-state index in [1.54, 1.807) is 66.7 Å². The second-order valence-corrected chi connectivity index (χ2v) is 10.9. The van der Waals surface area contributed by atoms with E-state index < -0.39 is 22.5 Å². The summed E-state index contributed by atoms with van der Waals surface area (Å²) in [5, 5.41) is 3.25. The number of halogens is 2. The van der Waals surface area contributed by atoms with E-state index in [9.17, 15) is 13.2 Å². The van der Waals surface area contributed by atoms with Crippen molar-refractivity contribution < 1.29 is 22.7 Å². The van der Waals surface area contributed by atoms with Crippen LogP contribution in [0, 0.1) is 6.92 Å². The molecule has 4 aromatic rings. The van der Waals surface area contributed by atoms with E-state index in [1.807, 2.05) is 6.92 Å². The number of ether oxygens (including phenoxy) is 2. The SMILES string of the molecule is COc1ccccc1Oc1ccc(Cl)cc1NC(=O)CN(c1ccccc1Cl)S(=O)(=O)c1ccc(C)cc1. The second kappa shape index (κ2) is 11.8. The molecule has 38 heavy (non-hydrogen) atoms. The van der Waals surface area contributed by atoms with Crippen LogP contribution in [0.5, 0.6) is 17.2 Å². The number of para-hydroxylation sites is 3. The third-order valence-corrected chi connectivity index (χ3v) is 7.85. The molecule has 0 radical (unpaired) electrons. The maximum absolute atomic E-state index is 13.6. The number of methoxy groups -OCH3 is 1. The van der Waals surface area contributed by atoms with Gasteiger partial charge in [0.25, 0.3) is 10.0 Å². The minimum absolute atomic E-state index is 0.0266. The van der Waals surface area contributed by atoms with Gasteiger partial charge in [0, 0.05) is 5.02 Å². The first-order chi connectivity index (χ1) is 18.2. The highest BCUT2D eigenvalue weighted by Crippen LogP contribution is 2.37. The van der Waals surface area contributed by atoms with Gasteiger partial charge in [-0.1, -0.05) is 65.2 Å². The van der Waals surface area contributed by atoms with Crippen LogP contribution in [-0.4, -0.2) is 28.0 Å². The Morgan fingerprint density at radius 1 is 0.868 bits per heavy atom. The Labute approximate surface area is 231 Å². The Hall–Kier alpha value is -3.72. The maximum atomic E-state index is 13.6. The minimum atomic E-state index is -4.14. The van der Waals surface area contributed by atoms with Gasteiger partial charge in [-0.15, -0.1) is 0 Å². The highest BCUT2D eigenvalue weighted by atomic mass is 35.5. The zero-order valence-corrected chi connectivity index (χ0v) is 22.8. The molecule has 0 aromatic heterocycles. The number of nitrogens with zero attached hydrogens (tertiary/aromatic N) is 1. The van der Waals surface area contributed by atoms with Crippen LogP contribution in [0.15, 0.2) is 95.9 Å². The highest BCUT2D eigenvalue weighted by Gasteiger charge is 2.29. The van der Waals surface area contributed by atoms with Crippen molar-refractivity contribution in [2.45, 2.75) is 11.8 Å². The first-order valence-electron chi connectivity index (χ1n) is 11.4. The summed E-state index contributed by atoms with van der Waals surface area (Å²) >= 11 is 12.6. The second-order valence-electron chi connectivity index (χ2n) is 8.22. The van der Waals surface area contributed by atoms with Gasteiger partial charge in [-0.05, 0) is 61.5 Å². The van der Waals surface area contributed by atoms with Crippen LogP contribution >= 0.6 is 23.2 Å². The molecule has 0 aliphatic rings. The van der Waals surface area contributed by atoms with E-state index in [0.29, 0.717) is 16.5 Å². The number of rotatable bonds is 9. The molecule has 0 atom stereocenters. The molecule has 0 saturated heterocycles. The largest absolute Gasteiger partial charge is 0.493 e. The third kappa shape index (κ3) is 6.22. The monoisotopic (exact) mass is 570 g/mol. The number of carbonyl (C=O) groups excluding carboxylic acids is 1. The van der Waals surface area contributed by atoms with E-state index in [0.717, 1.165) is 9.87 Å². The van der Waals surface area contributed by atoms with Gasteiger partial charge in [-0.25, -0.2) is 8.42 Å². The van der Waals surface area contributed by atoms with Crippen molar-refractivity contribution in [3.63, 3.8) is 0 Å². The fraction of sp³-hybridized carbons (Fsp3) is 0.107. The summed E-state index contributed by atoms with van der Waals surface area (Å²) in [6, 6.07) is 24.5. The lowest BCUT2D eigenvalue weighted by Crippen LogP contribution is -2.38. The molecule has 4 rings (SSSR count). The van der Waals surface area contributed by atoms with Crippen LogP contribution in [0.3, 0.4) is 0 Å². The topological polar surface area (TPSA) is 84.9 Å². The molecule has 4 aromatic carbocycles. The fourth-order valence-electron chi connectivity index (χ4n) is 3.62. The average molecular weight is 571 g/mol. The first-order valence-corrected chi connectivity index (χ1v) is 13.6. The summed E-state index contributed by atoms with van der Waals surface area (Å²) in [6.07, 6.45) is 0. The van der Waals surface area contributed by atoms with E-state index in [-0.39, 0.29) is 27.0 Å². The standard InChI is InChI=1S/C28H24Cl2N2O5S/c1-19-11-14-21(15-12-19)38(34,35)32(24-8-4-3-7-22(24)30)18-28(33)31-23-17-20(29)13-16-25(23)37-27-10-6-5-9-26(27)36-2/h3-17H,18H2,1-2H3,(H,31,33). The number of carbonyl (C=O) groups is 1. The van der Waals surface area contributed by atoms with Crippen molar-refractivity contribution in [2.75, 3.05) is 23.3 Å². The summed E-state index contributed by atoms with van der Waals surface area (Å²) in [7, 11) is -2.62. The molecule has 7 nitrogen and oxygen atoms in total. The number of aryl methyl sites for hydroxylation is 1. The smallest absolute Gasteiger partial charge is 0.264 e. The van der Waals surface area contributed by atoms with E-state index in [1.165, 1.54) is 31.4 Å². The van der Waals surface area contributed by atoms with Crippen molar-refractivity contribution >= 4 is 50.5 Å². The molecule has 196 valence electrons. The molecule has 0 aliphatic heterocycles. The lowest BCUT2D eigenvalue weighted by atomic mass is 10.2. The van der Waals surface area contributed by atoms with Gasteiger partial charge in [0.2, 0.25) is 5.91 Å².